The molecule has 0 saturated carbocycles. The first kappa shape index (κ1) is 17.0. The number of nitrogens with zero attached hydrogens (tertiary/aromatic N) is 5. The highest BCUT2D eigenvalue weighted by molar-refractivity contribution is 6.22. The summed E-state index contributed by atoms with van der Waals surface area (Å²) in [5, 5.41) is 29.7. The first-order valence-electron chi connectivity index (χ1n) is 7.98. The zero-order valence-electron chi connectivity index (χ0n) is 14.0. The molecule has 8 heteroatoms. The fraction of sp³-hybridized carbons (Fsp3) is 0.278. The third-order valence-electron chi connectivity index (χ3n) is 4.50. The van der Waals surface area contributed by atoms with Crippen molar-refractivity contribution in [2.75, 3.05) is 16.8 Å². The molecule has 1 aromatic carbocycles. The Hall–Kier alpha value is -3.83. The van der Waals surface area contributed by atoms with Crippen LogP contribution >= 0.6 is 0 Å². The molecule has 0 aliphatic carbocycles. The van der Waals surface area contributed by atoms with Crippen LogP contribution in [-0.2, 0) is 4.79 Å². The third-order valence-corrected chi connectivity index (χ3v) is 4.50. The molecule has 1 unspecified atom stereocenters. The second-order valence-electron chi connectivity index (χ2n) is 6.02. The van der Waals surface area contributed by atoms with Gasteiger partial charge in [0.05, 0.1) is 5.69 Å². The number of nitriles is 3. The van der Waals surface area contributed by atoms with Crippen molar-refractivity contribution in [1.29, 1.82) is 15.8 Å². The standard InChI is InChI=1S/C18H14N6O2/c1-11-4-5-13(22-14(10-21)12(8-19)9-20)7-16(11)24-17(25)15-3-2-6-23(15)18(24)26/h4-5,7,15,22H,2-3,6H2,1H3. The molecular weight excluding hydrogens is 332 g/mol. The van der Waals surface area contributed by atoms with E-state index in [1.807, 2.05) is 0 Å². The van der Waals surface area contributed by atoms with Gasteiger partial charge >= 0.3 is 6.03 Å². The number of urea groups is 1. The zero-order chi connectivity index (χ0) is 18.8. The Balaban J connectivity index is 1.98. The van der Waals surface area contributed by atoms with Gasteiger partial charge in [-0.2, -0.15) is 15.8 Å². The number of hydrogen-bond donors (Lipinski definition) is 1. The van der Waals surface area contributed by atoms with E-state index in [1.54, 1.807) is 48.2 Å². The van der Waals surface area contributed by atoms with Crippen LogP contribution < -0.4 is 10.2 Å². The molecule has 0 radical (unpaired) electrons. The molecular formula is C18H14N6O2. The highest BCUT2D eigenvalue weighted by Crippen LogP contribution is 2.34. The molecule has 2 heterocycles. The summed E-state index contributed by atoms with van der Waals surface area (Å²) in [6.45, 7) is 2.35. The summed E-state index contributed by atoms with van der Waals surface area (Å²) in [5.74, 6) is -0.251. The van der Waals surface area contributed by atoms with Crippen molar-refractivity contribution in [3.05, 3.63) is 35.0 Å². The first-order valence-corrected chi connectivity index (χ1v) is 7.98. The maximum Gasteiger partial charge on any atom is 0.332 e. The van der Waals surface area contributed by atoms with Gasteiger partial charge < -0.3 is 10.2 Å². The molecule has 2 fully saturated rings. The molecule has 2 saturated heterocycles. The van der Waals surface area contributed by atoms with Gasteiger partial charge in [-0.3, -0.25) is 4.79 Å². The molecule has 3 rings (SSSR count). The SMILES string of the molecule is Cc1ccc(NC(C#N)=C(C#N)C#N)cc1N1C(=O)C2CCCN2C1=O. The maximum atomic E-state index is 12.6. The minimum Gasteiger partial charge on any atom is -0.345 e. The zero-order valence-corrected chi connectivity index (χ0v) is 14.0. The predicted octanol–water partition coefficient (Wildman–Crippen LogP) is 2.16. The molecule has 128 valence electrons. The van der Waals surface area contributed by atoms with Crippen molar-refractivity contribution in [1.82, 2.24) is 4.90 Å². The van der Waals surface area contributed by atoms with E-state index in [0.717, 1.165) is 16.9 Å². The Bertz CT molecular complexity index is 921. The Morgan fingerprint density at radius 1 is 1.19 bits per heavy atom. The van der Waals surface area contributed by atoms with Gasteiger partial charge in [-0.1, -0.05) is 6.07 Å². The summed E-state index contributed by atoms with van der Waals surface area (Å²) in [6.07, 6.45) is 1.48. The van der Waals surface area contributed by atoms with E-state index in [9.17, 15) is 9.59 Å². The van der Waals surface area contributed by atoms with Gasteiger partial charge in [0.1, 0.15) is 29.9 Å². The minimum absolute atomic E-state index is 0.190. The molecule has 3 amide bonds. The summed E-state index contributed by atoms with van der Waals surface area (Å²) in [4.78, 5) is 28.0. The van der Waals surface area contributed by atoms with Crippen LogP contribution in [0.25, 0.3) is 0 Å². The maximum absolute atomic E-state index is 12.6. The molecule has 2 aliphatic rings. The Labute approximate surface area is 150 Å². The average Bonchev–Trinajstić information content (AvgIpc) is 3.21. The van der Waals surface area contributed by atoms with E-state index in [-0.39, 0.29) is 23.2 Å². The smallest absolute Gasteiger partial charge is 0.332 e. The molecule has 26 heavy (non-hydrogen) atoms. The average molecular weight is 346 g/mol. The van der Waals surface area contributed by atoms with Crippen LogP contribution in [0.4, 0.5) is 16.2 Å². The number of amides is 3. The quantitative estimate of drug-likeness (QED) is 0.660. The van der Waals surface area contributed by atoms with Crippen LogP contribution in [0.1, 0.15) is 18.4 Å². The van der Waals surface area contributed by atoms with Gasteiger partial charge in [-0.25, -0.2) is 9.69 Å². The molecule has 1 atom stereocenters. The van der Waals surface area contributed by atoms with Gasteiger partial charge in [0.2, 0.25) is 0 Å². The van der Waals surface area contributed by atoms with Gasteiger partial charge in [-0.05, 0) is 37.5 Å². The summed E-state index contributed by atoms with van der Waals surface area (Å²) in [6, 6.07) is 9.25. The highest BCUT2D eigenvalue weighted by Gasteiger charge is 2.48. The van der Waals surface area contributed by atoms with Gasteiger partial charge in [0.15, 0.2) is 5.57 Å². The number of carbonyl (C=O) groups excluding carboxylic acids is 2. The van der Waals surface area contributed by atoms with Crippen molar-refractivity contribution in [2.24, 2.45) is 0 Å². The highest BCUT2D eigenvalue weighted by atomic mass is 16.2. The van der Waals surface area contributed by atoms with Gasteiger partial charge in [-0.15, -0.1) is 0 Å². The number of imide groups is 1. The Morgan fingerprint density at radius 2 is 1.92 bits per heavy atom. The fourth-order valence-electron chi connectivity index (χ4n) is 3.20. The third kappa shape index (κ3) is 2.62. The fourth-order valence-corrected chi connectivity index (χ4v) is 3.20. The van der Waals surface area contributed by atoms with Crippen molar-refractivity contribution in [3.63, 3.8) is 0 Å². The number of anilines is 2. The molecule has 1 aromatic rings. The number of allylic oxidation sites excluding steroid dienone is 2. The minimum atomic E-state index is -0.406. The number of aryl methyl sites for hydroxylation is 1. The summed E-state index contributed by atoms with van der Waals surface area (Å²) >= 11 is 0. The van der Waals surface area contributed by atoms with Crippen LogP contribution in [0, 0.1) is 40.9 Å². The number of carbonyl (C=O) groups is 2. The Morgan fingerprint density at radius 3 is 2.54 bits per heavy atom. The van der Waals surface area contributed by atoms with Crippen molar-refractivity contribution < 1.29 is 9.59 Å². The lowest BCUT2D eigenvalue weighted by atomic mass is 10.1. The Kier molecular flexibility index (Phi) is 4.31. The van der Waals surface area contributed by atoms with Gasteiger partial charge in [0, 0.05) is 12.2 Å². The monoisotopic (exact) mass is 346 g/mol. The first-order chi connectivity index (χ1) is 12.5. The van der Waals surface area contributed by atoms with Gasteiger partial charge in [0.25, 0.3) is 5.91 Å². The molecule has 0 bridgehead atoms. The normalized spacial score (nSPS) is 18.0. The number of hydrogen-bond acceptors (Lipinski definition) is 6. The topological polar surface area (TPSA) is 124 Å². The number of nitrogens with one attached hydrogen (secondary N) is 1. The van der Waals surface area contributed by atoms with Crippen molar-refractivity contribution in [3.8, 4) is 18.2 Å². The van der Waals surface area contributed by atoms with Crippen LogP contribution in [0.15, 0.2) is 29.5 Å². The van der Waals surface area contributed by atoms with E-state index >= 15 is 0 Å². The number of rotatable bonds is 3. The van der Waals surface area contributed by atoms with E-state index in [2.05, 4.69) is 5.32 Å². The predicted molar refractivity (Wildman–Crippen MR) is 91.3 cm³/mol. The van der Waals surface area contributed by atoms with Crippen molar-refractivity contribution >= 4 is 23.3 Å². The van der Waals surface area contributed by atoms with Crippen LogP contribution in [0.3, 0.4) is 0 Å². The summed E-state index contributed by atoms with van der Waals surface area (Å²) in [5.41, 5.74) is 1.01. The van der Waals surface area contributed by atoms with Crippen LogP contribution in [-0.4, -0.2) is 29.4 Å². The van der Waals surface area contributed by atoms with E-state index in [0.29, 0.717) is 24.3 Å². The van der Waals surface area contributed by atoms with Crippen LogP contribution in [0.5, 0.6) is 0 Å². The lowest BCUT2D eigenvalue weighted by Crippen LogP contribution is -2.33. The summed E-state index contributed by atoms with van der Waals surface area (Å²) < 4.78 is 0. The lowest BCUT2D eigenvalue weighted by molar-refractivity contribution is -0.119. The number of benzene rings is 1. The summed E-state index contributed by atoms with van der Waals surface area (Å²) in [7, 11) is 0. The van der Waals surface area contributed by atoms with E-state index in [1.165, 1.54) is 0 Å². The number of fused-ring (bicyclic) bond motifs is 1. The molecule has 2 aliphatic heterocycles. The van der Waals surface area contributed by atoms with E-state index < -0.39 is 6.04 Å². The van der Waals surface area contributed by atoms with E-state index in [4.69, 9.17) is 15.8 Å². The second-order valence-corrected chi connectivity index (χ2v) is 6.02. The molecule has 0 spiro atoms. The molecule has 8 nitrogen and oxygen atoms in total. The van der Waals surface area contributed by atoms with Crippen LogP contribution in [0.2, 0.25) is 0 Å². The lowest BCUT2D eigenvalue weighted by Gasteiger charge is -2.19. The largest absolute Gasteiger partial charge is 0.345 e. The molecule has 0 aromatic heterocycles. The molecule has 1 N–H and O–H groups in total. The second kappa shape index (κ2) is 6.58. The van der Waals surface area contributed by atoms with Crippen molar-refractivity contribution in [2.45, 2.75) is 25.8 Å².